The maximum Gasteiger partial charge on any atom is 2.00 e. The predicted molar refractivity (Wildman–Crippen MR) is 40.0 cm³/mol. The molecule has 0 radical (unpaired) electrons. The van der Waals surface area contributed by atoms with E-state index in [-0.39, 0.29) is 70.9 Å². The Bertz CT molecular complexity index is 146. The monoisotopic (exact) mass is 270 g/mol. The Morgan fingerprint density at radius 3 is 1.31 bits per heavy atom. The van der Waals surface area contributed by atoms with E-state index in [2.05, 4.69) is 4.52 Å². The normalized spacial score (nSPS) is 9.62. The van der Waals surface area contributed by atoms with Crippen LogP contribution in [0.15, 0.2) is 0 Å². The minimum atomic E-state index is -4.79. The van der Waals surface area contributed by atoms with Crippen LogP contribution in [0.4, 0.5) is 0 Å². The molecule has 4 nitrogen and oxygen atoms in total. The maximum atomic E-state index is 9.90. The quantitative estimate of drug-likeness (QED) is 0.351. The Kier molecular flexibility index (Phi) is 24.3. The van der Waals surface area contributed by atoms with Gasteiger partial charge in [0.25, 0.3) is 0 Å². The molecule has 0 rings (SSSR count). The molecule has 0 bridgehead atoms. The van der Waals surface area contributed by atoms with Gasteiger partial charge < -0.3 is 43.7 Å². The van der Waals surface area contributed by atoms with Crippen LogP contribution in [-0.4, -0.2) is 51.7 Å². The first-order valence-corrected chi connectivity index (χ1v) is 3.90. The smallest absolute Gasteiger partial charge is 1.00 e. The van der Waals surface area contributed by atoms with Crippen molar-refractivity contribution in [2.45, 2.75) is 26.4 Å². The van der Waals surface area contributed by atoms with Crippen LogP contribution in [0.3, 0.4) is 0 Å². The fourth-order valence-corrected chi connectivity index (χ4v) is 1.01. The summed E-state index contributed by atoms with van der Waals surface area (Å²) in [5, 5.41) is 0. The van der Waals surface area contributed by atoms with Crippen LogP contribution in [0.25, 0.3) is 0 Å². The van der Waals surface area contributed by atoms with Crippen LogP contribution < -0.4 is 34.6 Å². The molecule has 72 valence electrons. The van der Waals surface area contributed by atoms with Gasteiger partial charge in [-0.15, -0.1) is 0 Å². The Morgan fingerprint density at radius 2 is 1.31 bits per heavy atom. The molecule has 0 aliphatic heterocycles. The molecular formula is C4H9Cl2Mg2O4P. The number of hydrogen-bond acceptors (Lipinski definition) is 4. The van der Waals surface area contributed by atoms with E-state index in [9.17, 15) is 14.4 Å². The van der Waals surface area contributed by atoms with E-state index in [1.165, 1.54) is 20.8 Å². The molecule has 9 heteroatoms. The van der Waals surface area contributed by atoms with Crippen molar-refractivity contribution in [2.75, 3.05) is 0 Å². The Labute approximate surface area is 123 Å². The SMILES string of the molecule is CC(C)(C)OP(=O)([O-])[O-].[Cl-].[Cl-].[Mg+2].[Mg+2]. The third-order valence-electron chi connectivity index (χ3n) is 0.386. The second-order valence-electron chi connectivity index (χ2n) is 2.65. The zero-order valence-corrected chi connectivity index (χ0v) is 13.0. The van der Waals surface area contributed by atoms with Crippen molar-refractivity contribution in [3.63, 3.8) is 0 Å². The molecule has 0 saturated heterocycles. The molecule has 0 aromatic carbocycles. The summed E-state index contributed by atoms with van der Waals surface area (Å²) < 4.78 is 14.0. The van der Waals surface area contributed by atoms with Gasteiger partial charge in [-0.25, -0.2) is 0 Å². The summed E-state index contributed by atoms with van der Waals surface area (Å²) >= 11 is 0. The minimum Gasteiger partial charge on any atom is -1.00 e. The van der Waals surface area contributed by atoms with Crippen LogP contribution in [0.2, 0.25) is 0 Å². The van der Waals surface area contributed by atoms with Crippen molar-refractivity contribution in [3.05, 3.63) is 0 Å². The van der Waals surface area contributed by atoms with Gasteiger partial charge in [0.2, 0.25) is 0 Å². The first-order valence-electron chi connectivity index (χ1n) is 2.43. The predicted octanol–water partition coefficient (Wildman–Crippen LogP) is -7.12. The summed E-state index contributed by atoms with van der Waals surface area (Å²) in [6, 6.07) is 0. The molecule has 0 spiro atoms. The fourth-order valence-electron chi connectivity index (χ4n) is 0.335. The molecular weight excluding hydrogens is 263 g/mol. The molecule has 0 fully saturated rings. The van der Waals surface area contributed by atoms with Crippen molar-refractivity contribution >= 4 is 53.9 Å². The zero-order chi connectivity index (χ0) is 7.71. The van der Waals surface area contributed by atoms with E-state index >= 15 is 0 Å². The van der Waals surface area contributed by atoms with Gasteiger partial charge in [-0.3, -0.25) is 0 Å². The van der Waals surface area contributed by atoms with Gasteiger partial charge in [-0.2, -0.15) is 0 Å². The summed E-state index contributed by atoms with van der Waals surface area (Å²) in [5.74, 6) is 0. The second kappa shape index (κ2) is 10.7. The Hall–Kier alpha value is 2.22. The zero-order valence-electron chi connectivity index (χ0n) is 7.75. The van der Waals surface area contributed by atoms with E-state index < -0.39 is 13.4 Å². The van der Waals surface area contributed by atoms with Gasteiger partial charge in [0.05, 0.1) is 13.4 Å². The van der Waals surface area contributed by atoms with Crippen molar-refractivity contribution < 1.29 is 43.7 Å². The Morgan fingerprint density at radius 1 is 1.08 bits per heavy atom. The van der Waals surface area contributed by atoms with E-state index in [4.69, 9.17) is 0 Å². The molecule has 0 aliphatic carbocycles. The van der Waals surface area contributed by atoms with Crippen molar-refractivity contribution in [1.82, 2.24) is 0 Å². The first-order chi connectivity index (χ1) is 3.71. The summed E-state index contributed by atoms with van der Waals surface area (Å²) in [7, 11) is -4.79. The molecule has 0 aromatic heterocycles. The minimum absolute atomic E-state index is 0. The summed E-state index contributed by atoms with van der Waals surface area (Å²) in [5.41, 5.74) is -0.904. The molecule has 0 saturated carbocycles. The average Bonchev–Trinajstić information content (AvgIpc) is 1.14. The van der Waals surface area contributed by atoms with Crippen LogP contribution in [0.1, 0.15) is 20.8 Å². The van der Waals surface area contributed by atoms with Crippen molar-refractivity contribution in [2.24, 2.45) is 0 Å². The van der Waals surface area contributed by atoms with Gasteiger partial charge in [0, 0.05) is 0 Å². The number of phosphoric ester groups is 1. The Balaban J connectivity index is -0.0000000533. The third kappa shape index (κ3) is 31.4. The number of rotatable bonds is 1. The molecule has 0 heterocycles. The van der Waals surface area contributed by atoms with Crippen LogP contribution >= 0.6 is 7.82 Å². The van der Waals surface area contributed by atoms with Gasteiger partial charge >= 0.3 is 46.1 Å². The van der Waals surface area contributed by atoms with Crippen LogP contribution in [0, 0.1) is 0 Å². The van der Waals surface area contributed by atoms with Gasteiger partial charge in [-0.1, -0.05) is 0 Å². The number of hydrogen-bond donors (Lipinski definition) is 0. The van der Waals surface area contributed by atoms with E-state index in [1.807, 2.05) is 0 Å². The summed E-state index contributed by atoms with van der Waals surface area (Å²) in [4.78, 5) is 19.8. The summed E-state index contributed by atoms with van der Waals surface area (Å²) in [6.45, 7) is 4.49. The van der Waals surface area contributed by atoms with Crippen molar-refractivity contribution in [1.29, 1.82) is 0 Å². The van der Waals surface area contributed by atoms with Gasteiger partial charge in [0.1, 0.15) is 0 Å². The van der Waals surface area contributed by atoms with Gasteiger partial charge in [-0.05, 0) is 20.8 Å². The standard InChI is InChI=1S/C4H11O4P.2ClH.2Mg/c1-4(2,3)8-9(5,6)7;;;;/h1-3H3,(H2,5,6,7);2*1H;;/q;;;2*+2/p-4. The molecule has 0 atom stereocenters. The summed E-state index contributed by atoms with van der Waals surface area (Å²) in [6.07, 6.45) is 0. The third-order valence-corrected chi connectivity index (χ3v) is 1.16. The fraction of sp³-hybridized carbons (Fsp3) is 1.00. The largest absolute Gasteiger partial charge is 2.00 e. The first kappa shape index (κ1) is 29.5. The number of halogens is 2. The van der Waals surface area contributed by atoms with Crippen molar-refractivity contribution in [3.8, 4) is 0 Å². The molecule has 0 N–H and O–H groups in total. The topological polar surface area (TPSA) is 72.4 Å². The average molecular weight is 272 g/mol. The molecule has 0 unspecified atom stereocenters. The molecule has 0 aliphatic rings. The molecule has 13 heavy (non-hydrogen) atoms. The van der Waals surface area contributed by atoms with Crippen LogP contribution in [0.5, 0.6) is 0 Å². The van der Waals surface area contributed by atoms with Crippen LogP contribution in [-0.2, 0) is 9.09 Å². The van der Waals surface area contributed by atoms with Gasteiger partial charge in [0.15, 0.2) is 0 Å². The van der Waals surface area contributed by atoms with E-state index in [0.29, 0.717) is 0 Å². The number of phosphoric acid groups is 1. The molecule has 0 amide bonds. The molecule has 0 aromatic rings. The second-order valence-corrected chi connectivity index (χ2v) is 3.73. The maximum absolute atomic E-state index is 9.90. The van der Waals surface area contributed by atoms with E-state index in [0.717, 1.165) is 0 Å². The van der Waals surface area contributed by atoms with E-state index in [1.54, 1.807) is 0 Å².